The van der Waals surface area contributed by atoms with Crippen LogP contribution in [-0.4, -0.2) is 60.2 Å². The summed E-state index contributed by atoms with van der Waals surface area (Å²) in [5, 5.41) is 14.2. The monoisotopic (exact) mass is 601 g/mol. The molecule has 0 radical (unpaired) electrons. The maximum atomic E-state index is 14.3. The average molecular weight is 602 g/mol. The molecule has 0 bridgehead atoms. The molecule has 2 amide bonds. The molecule has 4 aromatic rings. The number of rotatable bonds is 12. The van der Waals surface area contributed by atoms with Crippen molar-refractivity contribution in [2.45, 2.75) is 85.4 Å². The molecule has 234 valence electrons. The fourth-order valence-corrected chi connectivity index (χ4v) is 5.58. The average Bonchev–Trinajstić information content (AvgIpc) is 3.36. The number of aromatic nitrogens is 3. The molecule has 2 heterocycles. The van der Waals surface area contributed by atoms with Gasteiger partial charge in [0.1, 0.15) is 11.2 Å². The molecule has 44 heavy (non-hydrogen) atoms. The second-order valence-electron chi connectivity index (χ2n) is 12.1. The summed E-state index contributed by atoms with van der Waals surface area (Å²) in [7, 11) is 0. The van der Waals surface area contributed by atoms with E-state index in [0.29, 0.717) is 35.3 Å². The van der Waals surface area contributed by atoms with E-state index >= 15 is 0 Å². The van der Waals surface area contributed by atoms with Crippen LogP contribution in [0.4, 0.5) is 4.79 Å². The summed E-state index contributed by atoms with van der Waals surface area (Å²) in [5.41, 5.74) is 2.27. The highest BCUT2D eigenvalue weighted by molar-refractivity contribution is 5.94. The first-order chi connectivity index (χ1) is 21.0. The van der Waals surface area contributed by atoms with Crippen LogP contribution in [-0.2, 0) is 13.0 Å². The van der Waals surface area contributed by atoms with Crippen molar-refractivity contribution in [3.8, 4) is 0 Å². The lowest BCUT2D eigenvalue weighted by atomic mass is 10.0. The minimum atomic E-state index is -1.02. The third-order valence-corrected chi connectivity index (χ3v) is 7.86. The Kier molecular flexibility index (Phi) is 10.2. The van der Waals surface area contributed by atoms with Crippen molar-refractivity contribution in [3.63, 3.8) is 0 Å². The van der Waals surface area contributed by atoms with Gasteiger partial charge in [0.15, 0.2) is 0 Å². The Morgan fingerprint density at radius 1 is 1.00 bits per heavy atom. The molecule has 2 aromatic carbocycles. The number of fused-ring (bicyclic) bond motifs is 1. The maximum absolute atomic E-state index is 14.3. The first-order valence-electron chi connectivity index (χ1n) is 15.3. The quantitative estimate of drug-likeness (QED) is 0.198. The van der Waals surface area contributed by atoms with Crippen LogP contribution in [0.1, 0.15) is 92.9 Å². The molecule has 0 aliphatic carbocycles. The van der Waals surface area contributed by atoms with E-state index in [1.54, 1.807) is 16.4 Å². The third-order valence-electron chi connectivity index (χ3n) is 7.86. The first-order valence-corrected chi connectivity index (χ1v) is 15.3. The van der Waals surface area contributed by atoms with Crippen molar-refractivity contribution in [2.24, 2.45) is 0 Å². The van der Waals surface area contributed by atoms with Crippen molar-refractivity contribution >= 4 is 23.1 Å². The Morgan fingerprint density at radius 2 is 1.68 bits per heavy atom. The molecule has 1 unspecified atom stereocenters. The highest BCUT2D eigenvalue weighted by atomic mass is 16.5. The molecule has 0 spiro atoms. The van der Waals surface area contributed by atoms with Gasteiger partial charge in [0, 0.05) is 24.2 Å². The summed E-state index contributed by atoms with van der Waals surface area (Å²) in [6.45, 7) is 12.0. The lowest BCUT2D eigenvalue weighted by molar-refractivity contribution is 0.0628. The van der Waals surface area contributed by atoms with Gasteiger partial charge in [-0.1, -0.05) is 67.9 Å². The fourth-order valence-electron chi connectivity index (χ4n) is 5.58. The van der Waals surface area contributed by atoms with E-state index in [-0.39, 0.29) is 36.8 Å². The van der Waals surface area contributed by atoms with E-state index in [4.69, 9.17) is 9.51 Å². The van der Waals surface area contributed by atoms with Crippen LogP contribution >= 0.6 is 0 Å². The van der Waals surface area contributed by atoms with Crippen molar-refractivity contribution < 1.29 is 19.2 Å². The van der Waals surface area contributed by atoms with E-state index < -0.39 is 17.7 Å². The molecular weight excluding hydrogens is 558 g/mol. The predicted molar refractivity (Wildman–Crippen MR) is 170 cm³/mol. The van der Waals surface area contributed by atoms with E-state index in [0.717, 1.165) is 24.0 Å². The van der Waals surface area contributed by atoms with Gasteiger partial charge < -0.3 is 19.4 Å². The lowest BCUT2D eigenvalue weighted by Crippen LogP contribution is -2.46. The van der Waals surface area contributed by atoms with Gasteiger partial charge in [-0.2, -0.15) is 4.98 Å². The zero-order chi connectivity index (χ0) is 32.0. The normalized spacial score (nSPS) is 12.3. The van der Waals surface area contributed by atoms with Crippen LogP contribution in [0.2, 0.25) is 0 Å². The number of carboxylic acid groups (broad SMARTS) is 1. The Morgan fingerprint density at radius 3 is 2.27 bits per heavy atom. The molecule has 0 fully saturated rings. The summed E-state index contributed by atoms with van der Waals surface area (Å²) in [5.74, 6) is 0.179. The molecule has 10 nitrogen and oxygen atoms in total. The van der Waals surface area contributed by atoms with Gasteiger partial charge in [-0.25, -0.2) is 4.79 Å². The Hall–Kier alpha value is -4.47. The topological polar surface area (TPSA) is 122 Å². The highest BCUT2D eigenvalue weighted by Gasteiger charge is 2.32. The Bertz CT molecular complexity index is 1640. The lowest BCUT2D eigenvalue weighted by Gasteiger charge is -2.35. The SMILES string of the molecule is CCCc1ccc(C(=O)N(CCCN(C(=O)O)C(C)(C)C)C(CC)c2nc3onc(C)c3c(=O)n2Cc2ccccc2)cc1. The third kappa shape index (κ3) is 7.18. The van der Waals surface area contributed by atoms with Crippen LogP contribution < -0.4 is 5.56 Å². The molecule has 1 N–H and O–H groups in total. The van der Waals surface area contributed by atoms with E-state index in [2.05, 4.69) is 12.1 Å². The number of amides is 2. The summed E-state index contributed by atoms with van der Waals surface area (Å²) in [6.07, 6.45) is 1.76. The van der Waals surface area contributed by atoms with Gasteiger partial charge in [-0.05, 0) is 70.2 Å². The first kappa shape index (κ1) is 32.4. The van der Waals surface area contributed by atoms with Crippen LogP contribution in [0.3, 0.4) is 0 Å². The summed E-state index contributed by atoms with van der Waals surface area (Å²) >= 11 is 0. The fraction of sp³-hybridized carbons (Fsp3) is 0.441. The van der Waals surface area contributed by atoms with Crippen molar-refractivity contribution in [2.75, 3.05) is 13.1 Å². The number of nitrogens with zero attached hydrogens (tertiary/aromatic N) is 5. The maximum Gasteiger partial charge on any atom is 0.407 e. The van der Waals surface area contributed by atoms with E-state index in [1.807, 2.05) is 82.3 Å². The Balaban J connectivity index is 1.81. The second-order valence-corrected chi connectivity index (χ2v) is 12.1. The standard InChI is InChI=1S/C34H43N5O5/c1-7-13-24-16-18-26(19-17-24)31(40)37(20-12-21-39(33(42)43)34(4,5)6)27(8-2)29-35-30-28(23(3)36-44-30)32(41)38(29)22-25-14-10-9-11-15-25/h9-11,14-19,27H,7-8,12-13,20-22H2,1-6H3,(H,42,43). The van der Waals surface area contributed by atoms with Crippen LogP contribution in [0.5, 0.6) is 0 Å². The zero-order valence-corrected chi connectivity index (χ0v) is 26.5. The summed E-state index contributed by atoms with van der Waals surface area (Å²) < 4.78 is 7.07. The minimum Gasteiger partial charge on any atom is -0.465 e. The molecule has 0 aliphatic rings. The molecular formula is C34H43N5O5. The molecule has 0 aliphatic heterocycles. The minimum absolute atomic E-state index is 0.131. The van der Waals surface area contributed by atoms with Crippen LogP contribution in [0.15, 0.2) is 63.9 Å². The molecule has 1 atom stereocenters. The second kappa shape index (κ2) is 13.9. The van der Waals surface area contributed by atoms with Crippen molar-refractivity contribution in [1.29, 1.82) is 0 Å². The van der Waals surface area contributed by atoms with Gasteiger partial charge >= 0.3 is 6.09 Å². The molecule has 10 heteroatoms. The largest absolute Gasteiger partial charge is 0.465 e. The Labute approximate surface area is 258 Å². The predicted octanol–water partition coefficient (Wildman–Crippen LogP) is 6.46. The number of aryl methyl sites for hydroxylation is 2. The van der Waals surface area contributed by atoms with Gasteiger partial charge in [-0.3, -0.25) is 14.2 Å². The van der Waals surface area contributed by atoms with Crippen LogP contribution in [0.25, 0.3) is 11.1 Å². The van der Waals surface area contributed by atoms with Gasteiger partial charge in [0.25, 0.3) is 17.2 Å². The van der Waals surface area contributed by atoms with Gasteiger partial charge in [-0.15, -0.1) is 0 Å². The highest BCUT2D eigenvalue weighted by Crippen LogP contribution is 2.28. The van der Waals surface area contributed by atoms with Crippen molar-refractivity contribution in [3.05, 3.63) is 93.2 Å². The number of benzene rings is 2. The molecule has 0 saturated carbocycles. The van der Waals surface area contributed by atoms with Gasteiger partial charge in [0.2, 0.25) is 0 Å². The molecule has 4 rings (SSSR count). The van der Waals surface area contributed by atoms with Crippen LogP contribution in [0, 0.1) is 6.92 Å². The smallest absolute Gasteiger partial charge is 0.407 e. The molecule has 0 saturated heterocycles. The number of hydrogen-bond donors (Lipinski definition) is 1. The number of carbonyl (C=O) groups is 2. The number of hydrogen-bond acceptors (Lipinski definition) is 6. The van der Waals surface area contributed by atoms with Gasteiger partial charge in [0.05, 0.1) is 18.3 Å². The summed E-state index contributed by atoms with van der Waals surface area (Å²) in [6, 6.07) is 16.6. The molecule has 2 aromatic heterocycles. The van der Waals surface area contributed by atoms with E-state index in [9.17, 15) is 19.5 Å². The van der Waals surface area contributed by atoms with Crippen molar-refractivity contribution in [1.82, 2.24) is 24.5 Å². The zero-order valence-electron chi connectivity index (χ0n) is 26.5. The summed E-state index contributed by atoms with van der Waals surface area (Å²) in [4.78, 5) is 48.2. The van der Waals surface area contributed by atoms with E-state index in [1.165, 1.54) is 4.90 Å². The number of carbonyl (C=O) groups excluding carboxylic acids is 1.